The number of ether oxygens (including phenoxy) is 2. The van der Waals surface area contributed by atoms with E-state index in [1.54, 1.807) is 24.3 Å². The molecular weight excluding hydrogens is 354 g/mol. The average molecular weight is 367 g/mol. The molecule has 0 unspecified atom stereocenters. The lowest BCUT2D eigenvalue weighted by Gasteiger charge is -2.06. The summed E-state index contributed by atoms with van der Waals surface area (Å²) in [7, 11) is -3.28. The lowest BCUT2D eigenvalue weighted by Crippen LogP contribution is -1.96. The third-order valence-corrected chi connectivity index (χ3v) is 5.23. The van der Waals surface area contributed by atoms with Crippen molar-refractivity contribution in [3.05, 3.63) is 48.2 Å². The summed E-state index contributed by atoms with van der Waals surface area (Å²) in [6.07, 6.45) is 1.16. The summed E-state index contributed by atoms with van der Waals surface area (Å²) in [5.41, 5.74) is 2.96. The van der Waals surface area contributed by atoms with Crippen LogP contribution in [0.15, 0.2) is 47.4 Å². The number of sulfone groups is 1. The number of hydrogen-bond acceptors (Lipinski definition) is 6. The van der Waals surface area contributed by atoms with Crippen LogP contribution in [0.5, 0.6) is 11.5 Å². The van der Waals surface area contributed by atoms with Gasteiger partial charge in [-0.25, -0.2) is 8.42 Å². The molecule has 1 N–H and O–H groups in total. The summed E-state index contributed by atoms with van der Waals surface area (Å²) in [4.78, 5) is 0.228. The molecule has 2 heterocycles. The van der Waals surface area contributed by atoms with Gasteiger partial charge in [0.05, 0.1) is 10.6 Å². The molecular formula is C18H13N3O4S. The van der Waals surface area contributed by atoms with Crippen molar-refractivity contribution in [1.29, 1.82) is 5.26 Å². The zero-order chi connectivity index (χ0) is 18.3. The Balaban J connectivity index is 1.84. The number of fused-ring (bicyclic) bond motifs is 1. The molecule has 0 spiro atoms. The highest BCUT2D eigenvalue weighted by molar-refractivity contribution is 7.90. The molecule has 0 aliphatic carbocycles. The second kappa shape index (κ2) is 5.89. The summed E-state index contributed by atoms with van der Waals surface area (Å²) in [6, 6.07) is 13.9. The van der Waals surface area contributed by atoms with E-state index in [4.69, 9.17) is 9.47 Å². The second-order valence-corrected chi connectivity index (χ2v) is 7.81. The van der Waals surface area contributed by atoms with E-state index in [9.17, 15) is 13.7 Å². The average Bonchev–Trinajstić information content (AvgIpc) is 3.26. The lowest BCUT2D eigenvalue weighted by atomic mass is 9.99. The van der Waals surface area contributed by atoms with Crippen molar-refractivity contribution in [2.75, 3.05) is 13.0 Å². The first-order valence-corrected chi connectivity index (χ1v) is 9.55. The fraction of sp³-hybridized carbons (Fsp3) is 0.111. The summed E-state index contributed by atoms with van der Waals surface area (Å²) >= 11 is 0. The molecule has 0 saturated heterocycles. The first kappa shape index (κ1) is 16.2. The van der Waals surface area contributed by atoms with Crippen LogP contribution in [0.25, 0.3) is 22.4 Å². The number of rotatable bonds is 3. The standard InChI is InChI=1S/C18H13N3O4S/c1-26(22,23)13-5-2-11(3-6-13)18-17(14(9-19)20-21-18)12-4-7-15-16(8-12)25-10-24-15/h2-8H,10H2,1H3,(H,20,21). The monoisotopic (exact) mass is 367 g/mol. The largest absolute Gasteiger partial charge is 0.454 e. The molecule has 0 saturated carbocycles. The quantitative estimate of drug-likeness (QED) is 0.763. The van der Waals surface area contributed by atoms with Gasteiger partial charge in [-0.05, 0) is 29.8 Å². The minimum atomic E-state index is -3.28. The molecule has 1 aliphatic rings. The van der Waals surface area contributed by atoms with Gasteiger partial charge in [-0.2, -0.15) is 10.4 Å². The molecule has 7 nitrogen and oxygen atoms in total. The fourth-order valence-corrected chi connectivity index (χ4v) is 3.46. The maximum absolute atomic E-state index is 11.6. The molecule has 0 bridgehead atoms. The number of nitrogens with zero attached hydrogens (tertiary/aromatic N) is 2. The number of benzene rings is 2. The maximum Gasteiger partial charge on any atom is 0.231 e. The second-order valence-electron chi connectivity index (χ2n) is 5.80. The van der Waals surface area contributed by atoms with Crippen LogP contribution in [0.3, 0.4) is 0 Å². The van der Waals surface area contributed by atoms with Crippen molar-refractivity contribution in [3.8, 4) is 40.0 Å². The minimum Gasteiger partial charge on any atom is -0.454 e. The van der Waals surface area contributed by atoms with E-state index in [-0.39, 0.29) is 17.4 Å². The number of nitriles is 1. The van der Waals surface area contributed by atoms with E-state index in [1.165, 1.54) is 12.1 Å². The van der Waals surface area contributed by atoms with Crippen molar-refractivity contribution < 1.29 is 17.9 Å². The number of hydrogen-bond donors (Lipinski definition) is 1. The van der Waals surface area contributed by atoms with E-state index in [0.717, 1.165) is 17.4 Å². The molecule has 26 heavy (non-hydrogen) atoms. The van der Waals surface area contributed by atoms with Gasteiger partial charge in [0.15, 0.2) is 27.0 Å². The highest BCUT2D eigenvalue weighted by Crippen LogP contribution is 2.39. The van der Waals surface area contributed by atoms with Crippen LogP contribution in [0.1, 0.15) is 5.69 Å². The summed E-state index contributed by atoms with van der Waals surface area (Å²) in [6.45, 7) is 0.162. The predicted octanol–water partition coefficient (Wildman–Crippen LogP) is 2.75. The molecule has 3 aromatic rings. The molecule has 1 aromatic heterocycles. The van der Waals surface area contributed by atoms with Crippen LogP contribution in [0, 0.1) is 11.3 Å². The molecule has 0 radical (unpaired) electrons. The van der Waals surface area contributed by atoms with Crippen molar-refractivity contribution in [1.82, 2.24) is 10.2 Å². The van der Waals surface area contributed by atoms with Crippen molar-refractivity contribution >= 4 is 9.84 Å². The van der Waals surface area contributed by atoms with E-state index in [0.29, 0.717) is 22.8 Å². The Morgan fingerprint density at radius 1 is 1.08 bits per heavy atom. The highest BCUT2D eigenvalue weighted by Gasteiger charge is 2.20. The first-order chi connectivity index (χ1) is 12.5. The summed E-state index contributed by atoms with van der Waals surface area (Å²) < 4.78 is 34.0. The zero-order valence-electron chi connectivity index (χ0n) is 13.7. The van der Waals surface area contributed by atoms with Crippen LogP contribution in [-0.2, 0) is 9.84 Å². The lowest BCUT2D eigenvalue weighted by molar-refractivity contribution is 0.174. The van der Waals surface area contributed by atoms with E-state index >= 15 is 0 Å². The van der Waals surface area contributed by atoms with Crippen molar-refractivity contribution in [3.63, 3.8) is 0 Å². The zero-order valence-corrected chi connectivity index (χ0v) is 14.5. The fourth-order valence-electron chi connectivity index (χ4n) is 2.83. The summed E-state index contributed by atoms with van der Waals surface area (Å²) in [5.74, 6) is 1.25. The predicted molar refractivity (Wildman–Crippen MR) is 93.4 cm³/mol. The van der Waals surface area contributed by atoms with E-state index < -0.39 is 9.84 Å². The van der Waals surface area contributed by atoms with Crippen molar-refractivity contribution in [2.45, 2.75) is 4.90 Å². The van der Waals surface area contributed by atoms with Crippen LogP contribution in [-0.4, -0.2) is 31.7 Å². The van der Waals surface area contributed by atoms with E-state index in [1.807, 2.05) is 6.07 Å². The normalized spacial score (nSPS) is 12.8. The topological polar surface area (TPSA) is 105 Å². The Hall–Kier alpha value is -3.31. The Kier molecular flexibility index (Phi) is 3.67. The van der Waals surface area contributed by atoms with Gasteiger partial charge in [0.25, 0.3) is 0 Å². The third kappa shape index (κ3) is 2.68. The molecule has 0 amide bonds. The smallest absolute Gasteiger partial charge is 0.231 e. The van der Waals surface area contributed by atoms with Gasteiger partial charge in [0.1, 0.15) is 6.07 Å². The number of aromatic nitrogens is 2. The summed E-state index contributed by atoms with van der Waals surface area (Å²) in [5, 5.41) is 16.4. The number of aromatic amines is 1. The van der Waals surface area contributed by atoms with E-state index in [2.05, 4.69) is 16.3 Å². The number of H-pyrrole nitrogens is 1. The van der Waals surface area contributed by atoms with Gasteiger partial charge >= 0.3 is 0 Å². The van der Waals surface area contributed by atoms with Crippen molar-refractivity contribution in [2.24, 2.45) is 0 Å². The van der Waals surface area contributed by atoms with Crippen LogP contribution in [0.2, 0.25) is 0 Å². The molecule has 1 aliphatic heterocycles. The Morgan fingerprint density at radius 3 is 2.46 bits per heavy atom. The van der Waals surface area contributed by atoms with Crippen LogP contribution >= 0.6 is 0 Å². The Morgan fingerprint density at radius 2 is 1.77 bits per heavy atom. The van der Waals surface area contributed by atoms with Gasteiger partial charge < -0.3 is 9.47 Å². The Labute approximate surface area is 149 Å². The Bertz CT molecular complexity index is 1140. The SMILES string of the molecule is CS(=O)(=O)c1ccc(-c2[nH]nc(C#N)c2-c2ccc3c(c2)OCO3)cc1. The van der Waals surface area contributed by atoms with Gasteiger partial charge in [-0.3, -0.25) is 5.10 Å². The molecule has 130 valence electrons. The first-order valence-electron chi connectivity index (χ1n) is 7.66. The van der Waals surface area contributed by atoms with Crippen LogP contribution < -0.4 is 9.47 Å². The van der Waals surface area contributed by atoms with Gasteiger partial charge in [0.2, 0.25) is 6.79 Å². The van der Waals surface area contributed by atoms with Gasteiger partial charge in [-0.15, -0.1) is 0 Å². The molecule has 0 fully saturated rings. The molecule has 8 heteroatoms. The molecule has 2 aromatic carbocycles. The molecule has 4 rings (SSSR count). The maximum atomic E-state index is 11.6. The third-order valence-electron chi connectivity index (χ3n) is 4.10. The minimum absolute atomic E-state index is 0.162. The van der Waals surface area contributed by atoms with Gasteiger partial charge in [-0.1, -0.05) is 18.2 Å². The number of nitrogens with one attached hydrogen (secondary N) is 1. The highest BCUT2D eigenvalue weighted by atomic mass is 32.2. The van der Waals surface area contributed by atoms with Gasteiger partial charge in [0, 0.05) is 17.4 Å². The molecule has 0 atom stereocenters. The van der Waals surface area contributed by atoms with Crippen LogP contribution in [0.4, 0.5) is 0 Å².